The first-order chi connectivity index (χ1) is 6.76. The van der Waals surface area contributed by atoms with E-state index in [1.54, 1.807) is 11.3 Å². The van der Waals surface area contributed by atoms with E-state index >= 15 is 0 Å². The van der Waals surface area contributed by atoms with Crippen LogP contribution in [0.3, 0.4) is 0 Å². The van der Waals surface area contributed by atoms with Crippen LogP contribution in [0.5, 0.6) is 0 Å². The molecule has 0 fully saturated rings. The Balaban J connectivity index is 2.67. The van der Waals surface area contributed by atoms with Crippen LogP contribution in [0, 0.1) is 5.41 Å². The first kappa shape index (κ1) is 12.7. The zero-order chi connectivity index (χ0) is 10.4. The minimum absolute atomic E-state index is 0.340. The van der Waals surface area contributed by atoms with Gasteiger partial charge in [-0.1, -0.05) is 45.2 Å². The van der Waals surface area contributed by atoms with Crippen molar-refractivity contribution in [2.75, 3.05) is 10.7 Å². The molecule has 1 aromatic rings. The monoisotopic (exact) mass is 339 g/mol. The lowest BCUT2D eigenvalue weighted by atomic mass is 9.85. The predicted octanol–water partition coefficient (Wildman–Crippen LogP) is 4.26. The van der Waals surface area contributed by atoms with Gasteiger partial charge in [-0.3, -0.25) is 0 Å². The third kappa shape index (κ3) is 3.31. The molecule has 0 saturated heterocycles. The lowest BCUT2D eigenvalue weighted by molar-refractivity contribution is 0.351. The van der Waals surface area contributed by atoms with Crippen LogP contribution in [-0.4, -0.2) is 15.6 Å². The molecule has 0 bridgehead atoms. The Morgan fingerprint density at radius 1 is 1.43 bits per heavy atom. The van der Waals surface area contributed by atoms with Crippen molar-refractivity contribution < 1.29 is 0 Å². The molecule has 0 unspecified atom stereocenters. The Labute approximate surface area is 107 Å². The number of thiazole rings is 1. The minimum Gasteiger partial charge on any atom is -0.250 e. The summed E-state index contributed by atoms with van der Waals surface area (Å²) in [7, 11) is 0. The predicted molar refractivity (Wildman–Crippen MR) is 70.7 cm³/mol. The van der Waals surface area contributed by atoms with Crippen LogP contribution in [0.15, 0.2) is 11.6 Å². The summed E-state index contributed by atoms with van der Waals surface area (Å²) < 4.78 is 0. The second-order valence-corrected chi connectivity index (χ2v) is 5.72. The maximum atomic E-state index is 4.36. The van der Waals surface area contributed by atoms with Crippen LogP contribution in [0.25, 0.3) is 0 Å². The minimum atomic E-state index is 0.340. The van der Waals surface area contributed by atoms with E-state index in [0.717, 1.165) is 17.1 Å². The summed E-state index contributed by atoms with van der Waals surface area (Å²) in [5.41, 5.74) is 0.340. The number of aromatic nitrogens is 1. The van der Waals surface area contributed by atoms with Gasteiger partial charge >= 0.3 is 0 Å². The molecule has 0 aromatic carbocycles. The quantitative estimate of drug-likeness (QED) is 0.705. The molecule has 1 rings (SSSR count). The lowest BCUT2D eigenvalue weighted by Crippen LogP contribution is -2.27. The Morgan fingerprint density at radius 3 is 2.57 bits per heavy atom. The highest BCUT2D eigenvalue weighted by molar-refractivity contribution is 9.09. The standard InChI is InChI=1S/C10H15Br2NS/c1-2-3-10(7-11,8-12)6-9-13-4-5-14-9/h4-5H,2-3,6-8H2,1H3. The highest BCUT2D eigenvalue weighted by atomic mass is 79.9. The van der Waals surface area contributed by atoms with E-state index in [0.29, 0.717) is 5.41 Å². The largest absolute Gasteiger partial charge is 0.250 e. The molecule has 0 spiro atoms. The number of halogens is 2. The first-order valence-electron chi connectivity index (χ1n) is 4.76. The van der Waals surface area contributed by atoms with Gasteiger partial charge in [0.1, 0.15) is 0 Å². The number of hydrogen-bond acceptors (Lipinski definition) is 2. The van der Waals surface area contributed by atoms with Crippen molar-refractivity contribution in [3.8, 4) is 0 Å². The number of hydrogen-bond donors (Lipinski definition) is 0. The van der Waals surface area contributed by atoms with E-state index in [2.05, 4.69) is 49.1 Å². The Morgan fingerprint density at radius 2 is 2.14 bits per heavy atom. The number of rotatable bonds is 6. The van der Waals surface area contributed by atoms with Crippen molar-refractivity contribution in [3.63, 3.8) is 0 Å². The van der Waals surface area contributed by atoms with Gasteiger partial charge in [-0.25, -0.2) is 4.98 Å². The van der Waals surface area contributed by atoms with Gasteiger partial charge in [-0.15, -0.1) is 11.3 Å². The smallest absolute Gasteiger partial charge is 0.0930 e. The van der Waals surface area contributed by atoms with E-state index in [1.165, 1.54) is 17.8 Å². The van der Waals surface area contributed by atoms with Gasteiger partial charge in [0.25, 0.3) is 0 Å². The van der Waals surface area contributed by atoms with Gasteiger partial charge in [-0.05, 0) is 11.8 Å². The van der Waals surface area contributed by atoms with Crippen molar-refractivity contribution in [3.05, 3.63) is 16.6 Å². The van der Waals surface area contributed by atoms with Gasteiger partial charge in [0.15, 0.2) is 0 Å². The first-order valence-corrected chi connectivity index (χ1v) is 7.89. The maximum absolute atomic E-state index is 4.36. The number of alkyl halides is 2. The van der Waals surface area contributed by atoms with Crippen LogP contribution in [0.2, 0.25) is 0 Å². The second kappa shape index (κ2) is 6.23. The van der Waals surface area contributed by atoms with Crippen molar-refractivity contribution >= 4 is 43.2 Å². The Hall–Kier alpha value is 0.590. The molecule has 0 aliphatic rings. The van der Waals surface area contributed by atoms with E-state index < -0.39 is 0 Å². The highest BCUT2D eigenvalue weighted by Crippen LogP contribution is 2.33. The molecule has 0 radical (unpaired) electrons. The molecule has 0 N–H and O–H groups in total. The summed E-state index contributed by atoms with van der Waals surface area (Å²) in [6, 6.07) is 0. The molecular weight excluding hydrogens is 326 g/mol. The zero-order valence-corrected chi connectivity index (χ0v) is 12.3. The van der Waals surface area contributed by atoms with Gasteiger partial charge in [0.05, 0.1) is 5.01 Å². The van der Waals surface area contributed by atoms with Gasteiger partial charge < -0.3 is 0 Å². The van der Waals surface area contributed by atoms with Crippen molar-refractivity contribution in [2.45, 2.75) is 26.2 Å². The Bertz CT molecular complexity index is 245. The molecule has 0 aliphatic carbocycles. The third-order valence-electron chi connectivity index (χ3n) is 2.36. The molecule has 80 valence electrons. The van der Waals surface area contributed by atoms with Crippen molar-refractivity contribution in [1.82, 2.24) is 4.98 Å². The SMILES string of the molecule is CCCC(CBr)(CBr)Cc1nccs1. The summed E-state index contributed by atoms with van der Waals surface area (Å²) in [4.78, 5) is 4.36. The molecule has 0 saturated carbocycles. The zero-order valence-electron chi connectivity index (χ0n) is 8.30. The van der Waals surface area contributed by atoms with Crippen molar-refractivity contribution in [2.24, 2.45) is 5.41 Å². The summed E-state index contributed by atoms with van der Waals surface area (Å²) in [5.74, 6) is 0. The highest BCUT2D eigenvalue weighted by Gasteiger charge is 2.28. The molecule has 0 atom stereocenters. The van der Waals surface area contributed by atoms with Crippen molar-refractivity contribution in [1.29, 1.82) is 0 Å². The molecule has 1 aromatic heterocycles. The van der Waals surface area contributed by atoms with Crippen LogP contribution < -0.4 is 0 Å². The molecule has 0 amide bonds. The van der Waals surface area contributed by atoms with Crippen LogP contribution in [-0.2, 0) is 6.42 Å². The normalized spacial score (nSPS) is 11.9. The van der Waals surface area contributed by atoms with E-state index in [4.69, 9.17) is 0 Å². The number of nitrogens with zero attached hydrogens (tertiary/aromatic N) is 1. The van der Waals surface area contributed by atoms with Gasteiger partial charge in [0, 0.05) is 28.7 Å². The summed E-state index contributed by atoms with van der Waals surface area (Å²) in [6.45, 7) is 2.24. The fourth-order valence-electron chi connectivity index (χ4n) is 1.54. The maximum Gasteiger partial charge on any atom is 0.0930 e. The van der Waals surface area contributed by atoms with Crippen LogP contribution >= 0.6 is 43.2 Å². The molecule has 1 nitrogen and oxygen atoms in total. The third-order valence-corrected chi connectivity index (χ3v) is 5.52. The molecule has 4 heteroatoms. The molecule has 14 heavy (non-hydrogen) atoms. The van der Waals surface area contributed by atoms with Gasteiger partial charge in [0.2, 0.25) is 0 Å². The van der Waals surface area contributed by atoms with E-state index in [-0.39, 0.29) is 0 Å². The average Bonchev–Trinajstić information content (AvgIpc) is 2.69. The van der Waals surface area contributed by atoms with E-state index in [9.17, 15) is 0 Å². The fraction of sp³-hybridized carbons (Fsp3) is 0.700. The topological polar surface area (TPSA) is 12.9 Å². The van der Waals surface area contributed by atoms with Crippen LogP contribution in [0.1, 0.15) is 24.8 Å². The van der Waals surface area contributed by atoms with Gasteiger partial charge in [-0.2, -0.15) is 0 Å². The molecule has 1 heterocycles. The average molecular weight is 341 g/mol. The van der Waals surface area contributed by atoms with Crippen LogP contribution in [0.4, 0.5) is 0 Å². The Kier molecular flexibility index (Phi) is 5.64. The lowest BCUT2D eigenvalue weighted by Gasteiger charge is -2.28. The molecule has 0 aliphatic heterocycles. The second-order valence-electron chi connectivity index (χ2n) is 3.62. The fourth-order valence-corrected chi connectivity index (χ4v) is 4.22. The summed E-state index contributed by atoms with van der Waals surface area (Å²) in [5, 5.41) is 5.38. The summed E-state index contributed by atoms with van der Waals surface area (Å²) >= 11 is 9.01. The van der Waals surface area contributed by atoms with E-state index in [1.807, 2.05) is 6.20 Å². The summed E-state index contributed by atoms with van der Waals surface area (Å²) in [6.07, 6.45) is 5.43. The molecular formula is C10H15Br2NS.